The average molecular weight is 230 g/mol. The van der Waals surface area contributed by atoms with Gasteiger partial charge in [-0.05, 0) is 37.2 Å². The Morgan fingerprint density at radius 3 is 2.65 bits per heavy atom. The van der Waals surface area contributed by atoms with Crippen molar-refractivity contribution in [3.8, 4) is 0 Å². The van der Waals surface area contributed by atoms with E-state index in [-0.39, 0.29) is 0 Å². The molecule has 1 aromatic heterocycles. The molecule has 90 valence electrons. The van der Waals surface area contributed by atoms with Gasteiger partial charge in [0.2, 0.25) is 5.95 Å². The van der Waals surface area contributed by atoms with Gasteiger partial charge in [-0.15, -0.1) is 0 Å². The van der Waals surface area contributed by atoms with Gasteiger partial charge in [0.25, 0.3) is 0 Å². The lowest BCUT2D eigenvalue weighted by molar-refractivity contribution is 0.438. The summed E-state index contributed by atoms with van der Waals surface area (Å²) in [5, 5.41) is 3.61. The van der Waals surface area contributed by atoms with Crippen LogP contribution in [0.25, 0.3) is 0 Å². The number of hydrogen-bond acceptors (Lipinski definition) is 4. The molecule has 1 spiro atoms. The van der Waals surface area contributed by atoms with Gasteiger partial charge < -0.3 is 10.2 Å². The van der Waals surface area contributed by atoms with E-state index in [4.69, 9.17) is 0 Å². The van der Waals surface area contributed by atoms with Gasteiger partial charge in [-0.2, -0.15) is 0 Å². The van der Waals surface area contributed by atoms with E-state index in [0.717, 1.165) is 31.5 Å². The first-order valence-corrected chi connectivity index (χ1v) is 6.67. The largest absolute Gasteiger partial charge is 0.338 e. The Morgan fingerprint density at radius 2 is 2.00 bits per heavy atom. The first kappa shape index (κ1) is 9.83. The number of aromatic nitrogens is 2. The van der Waals surface area contributed by atoms with E-state index >= 15 is 0 Å². The molecule has 0 bridgehead atoms. The van der Waals surface area contributed by atoms with Crippen molar-refractivity contribution in [1.82, 2.24) is 15.3 Å². The number of anilines is 1. The van der Waals surface area contributed by atoms with Gasteiger partial charge in [0.15, 0.2) is 0 Å². The maximum atomic E-state index is 4.54. The zero-order chi connectivity index (χ0) is 11.3. The highest BCUT2D eigenvalue weighted by molar-refractivity contribution is 5.35. The van der Waals surface area contributed by atoms with Crippen LogP contribution < -0.4 is 10.2 Å². The minimum absolute atomic E-state index is 0.400. The molecule has 1 aliphatic heterocycles. The summed E-state index contributed by atoms with van der Waals surface area (Å²) in [5.74, 6) is 1.67. The Bertz CT molecular complexity index is 420. The summed E-state index contributed by atoms with van der Waals surface area (Å²) in [5.41, 5.74) is 1.72. The van der Waals surface area contributed by atoms with Gasteiger partial charge in [0.1, 0.15) is 0 Å². The van der Waals surface area contributed by atoms with E-state index in [0.29, 0.717) is 5.54 Å². The van der Waals surface area contributed by atoms with Crippen molar-refractivity contribution in [1.29, 1.82) is 0 Å². The summed E-state index contributed by atoms with van der Waals surface area (Å²) in [4.78, 5) is 11.4. The van der Waals surface area contributed by atoms with Crippen LogP contribution in [0.15, 0.2) is 12.4 Å². The molecule has 1 aromatic rings. The van der Waals surface area contributed by atoms with E-state index in [1.54, 1.807) is 0 Å². The molecule has 2 aliphatic carbocycles. The number of nitrogens with zero attached hydrogens (tertiary/aromatic N) is 3. The summed E-state index contributed by atoms with van der Waals surface area (Å²) >= 11 is 0. The molecule has 4 heteroatoms. The number of hydrogen-bond donors (Lipinski definition) is 1. The van der Waals surface area contributed by atoms with Crippen LogP contribution in [-0.4, -0.2) is 35.1 Å². The summed E-state index contributed by atoms with van der Waals surface area (Å²) in [6.07, 6.45) is 9.31. The van der Waals surface area contributed by atoms with Crippen molar-refractivity contribution < 1.29 is 0 Å². The molecule has 0 radical (unpaired) electrons. The fraction of sp³-hybridized carbons (Fsp3) is 0.692. The predicted molar refractivity (Wildman–Crippen MR) is 66.2 cm³/mol. The third kappa shape index (κ3) is 1.80. The van der Waals surface area contributed by atoms with E-state index in [1.165, 1.54) is 31.2 Å². The average Bonchev–Trinajstić information content (AvgIpc) is 3.26. The molecule has 17 heavy (non-hydrogen) atoms. The molecular formula is C13H18N4. The standard InChI is InChI=1S/C13H18N4/c1-2-10(1)11-7-14-12(15-8-11)17-6-5-16-13(9-17)3-4-13/h7-8,10,16H,1-6,9H2. The van der Waals surface area contributed by atoms with E-state index < -0.39 is 0 Å². The summed E-state index contributed by atoms with van der Waals surface area (Å²) in [7, 11) is 0. The Balaban J connectivity index is 1.52. The van der Waals surface area contributed by atoms with E-state index in [1.807, 2.05) is 12.4 Å². The third-order valence-corrected chi connectivity index (χ3v) is 4.22. The topological polar surface area (TPSA) is 41.1 Å². The van der Waals surface area contributed by atoms with Crippen molar-refractivity contribution in [3.05, 3.63) is 18.0 Å². The monoisotopic (exact) mass is 230 g/mol. The zero-order valence-corrected chi connectivity index (χ0v) is 10.0. The molecule has 4 rings (SSSR count). The van der Waals surface area contributed by atoms with Gasteiger partial charge in [-0.25, -0.2) is 9.97 Å². The second-order valence-corrected chi connectivity index (χ2v) is 5.72. The molecule has 4 nitrogen and oxygen atoms in total. The Labute approximate surface area is 101 Å². The predicted octanol–water partition coefficient (Wildman–Crippen LogP) is 1.30. The molecule has 1 N–H and O–H groups in total. The fourth-order valence-electron chi connectivity index (χ4n) is 2.73. The second kappa shape index (κ2) is 3.42. The lowest BCUT2D eigenvalue weighted by Gasteiger charge is -2.33. The van der Waals surface area contributed by atoms with Gasteiger partial charge in [-0.1, -0.05) is 0 Å². The molecular weight excluding hydrogens is 212 g/mol. The Morgan fingerprint density at radius 1 is 1.24 bits per heavy atom. The van der Waals surface area contributed by atoms with Crippen LogP contribution in [0.4, 0.5) is 5.95 Å². The third-order valence-electron chi connectivity index (χ3n) is 4.22. The maximum Gasteiger partial charge on any atom is 0.225 e. The van der Waals surface area contributed by atoms with Crippen LogP contribution in [0, 0.1) is 0 Å². The highest BCUT2D eigenvalue weighted by atomic mass is 15.3. The minimum atomic E-state index is 0.400. The number of nitrogens with one attached hydrogen (secondary N) is 1. The van der Waals surface area contributed by atoms with Crippen LogP contribution in [-0.2, 0) is 0 Å². The van der Waals surface area contributed by atoms with Crippen LogP contribution in [0.1, 0.15) is 37.2 Å². The van der Waals surface area contributed by atoms with E-state index in [9.17, 15) is 0 Å². The molecule has 3 fully saturated rings. The van der Waals surface area contributed by atoms with Gasteiger partial charge in [0, 0.05) is 37.6 Å². The minimum Gasteiger partial charge on any atom is -0.338 e. The van der Waals surface area contributed by atoms with Crippen molar-refractivity contribution >= 4 is 5.95 Å². The Kier molecular flexibility index (Phi) is 1.98. The molecule has 0 aromatic carbocycles. The quantitative estimate of drug-likeness (QED) is 0.831. The van der Waals surface area contributed by atoms with Crippen LogP contribution in [0.2, 0.25) is 0 Å². The number of piperazine rings is 1. The number of rotatable bonds is 2. The van der Waals surface area contributed by atoms with Gasteiger partial charge >= 0.3 is 0 Å². The molecule has 0 atom stereocenters. The van der Waals surface area contributed by atoms with Crippen molar-refractivity contribution in [3.63, 3.8) is 0 Å². The van der Waals surface area contributed by atoms with Gasteiger partial charge in [0.05, 0.1) is 0 Å². The van der Waals surface area contributed by atoms with Crippen LogP contribution in [0.3, 0.4) is 0 Å². The molecule has 2 heterocycles. The lowest BCUT2D eigenvalue weighted by Crippen LogP contribution is -2.53. The molecule has 3 aliphatic rings. The molecule has 1 saturated heterocycles. The molecule has 0 unspecified atom stereocenters. The first-order valence-electron chi connectivity index (χ1n) is 6.67. The van der Waals surface area contributed by atoms with E-state index in [2.05, 4.69) is 20.2 Å². The van der Waals surface area contributed by atoms with Gasteiger partial charge in [-0.3, -0.25) is 0 Å². The summed E-state index contributed by atoms with van der Waals surface area (Å²) < 4.78 is 0. The SMILES string of the molecule is c1nc(N2CCNC3(CC3)C2)ncc1C1CC1. The normalized spacial score (nSPS) is 26.2. The molecule has 0 amide bonds. The van der Waals surface area contributed by atoms with Crippen LogP contribution >= 0.6 is 0 Å². The summed E-state index contributed by atoms with van der Waals surface area (Å²) in [6.45, 7) is 3.17. The second-order valence-electron chi connectivity index (χ2n) is 5.72. The lowest BCUT2D eigenvalue weighted by atomic mass is 10.2. The van der Waals surface area contributed by atoms with Crippen molar-refractivity contribution in [2.45, 2.75) is 37.1 Å². The zero-order valence-electron chi connectivity index (χ0n) is 10.0. The fourth-order valence-corrected chi connectivity index (χ4v) is 2.73. The Hall–Kier alpha value is -1.16. The van der Waals surface area contributed by atoms with Crippen molar-refractivity contribution in [2.75, 3.05) is 24.5 Å². The molecule has 2 saturated carbocycles. The first-order chi connectivity index (χ1) is 8.35. The highest BCUT2D eigenvalue weighted by Gasteiger charge is 2.46. The smallest absolute Gasteiger partial charge is 0.225 e. The maximum absolute atomic E-state index is 4.54. The highest BCUT2D eigenvalue weighted by Crippen LogP contribution is 2.40. The van der Waals surface area contributed by atoms with Crippen LogP contribution in [0.5, 0.6) is 0 Å². The summed E-state index contributed by atoms with van der Waals surface area (Å²) in [6, 6.07) is 0. The van der Waals surface area contributed by atoms with Crippen molar-refractivity contribution in [2.24, 2.45) is 0 Å².